The summed E-state index contributed by atoms with van der Waals surface area (Å²) in [4.78, 5) is 2.91. The number of H-pyrrole nitrogens is 1. The van der Waals surface area contributed by atoms with Crippen LogP contribution in [0.5, 0.6) is 0 Å². The number of benzene rings is 1. The second-order valence-corrected chi connectivity index (χ2v) is 4.00. The highest BCUT2D eigenvalue weighted by Crippen LogP contribution is 2.24. The van der Waals surface area contributed by atoms with Crippen molar-refractivity contribution in [2.24, 2.45) is 0 Å². The van der Waals surface area contributed by atoms with Gasteiger partial charge in [0.05, 0.1) is 5.56 Å². The molecule has 0 atom stereocenters. The van der Waals surface area contributed by atoms with Gasteiger partial charge in [0.1, 0.15) is 6.07 Å². The Morgan fingerprint density at radius 3 is 2.22 bits per heavy atom. The van der Waals surface area contributed by atoms with Gasteiger partial charge in [-0.25, -0.2) is 0 Å². The summed E-state index contributed by atoms with van der Waals surface area (Å²) in [5.74, 6) is 0. The first-order chi connectivity index (χ1) is 8.72. The minimum Gasteiger partial charge on any atom is -0.366 e. The predicted octanol–water partition coefficient (Wildman–Crippen LogP) is 4.79. The molecule has 0 spiro atoms. The Labute approximate surface area is 113 Å². The molecule has 0 aliphatic carbocycles. The van der Waals surface area contributed by atoms with Crippen LogP contribution in [0.1, 0.15) is 19.4 Å². The maximum Gasteiger partial charge on any atom is 0.101 e. The summed E-state index contributed by atoms with van der Waals surface area (Å²) < 4.78 is 0. The lowest BCUT2D eigenvalue weighted by molar-refractivity contribution is 1.40. The van der Waals surface area contributed by atoms with Gasteiger partial charge in [-0.2, -0.15) is 5.26 Å². The molecule has 1 heterocycles. The van der Waals surface area contributed by atoms with E-state index in [0.29, 0.717) is 10.6 Å². The van der Waals surface area contributed by atoms with Gasteiger partial charge in [-0.3, -0.25) is 0 Å². The lowest BCUT2D eigenvalue weighted by Crippen LogP contribution is -1.77. The molecule has 0 amide bonds. The van der Waals surface area contributed by atoms with Crippen LogP contribution in [0.2, 0.25) is 5.02 Å². The van der Waals surface area contributed by atoms with Gasteiger partial charge in [-0.05, 0) is 31.5 Å². The van der Waals surface area contributed by atoms with Crippen LogP contribution in [0.3, 0.4) is 0 Å². The van der Waals surface area contributed by atoms with E-state index in [1.807, 2.05) is 56.5 Å². The highest BCUT2D eigenvalue weighted by molar-refractivity contribution is 6.30. The number of nitrogens with zero attached hydrogens (tertiary/aromatic N) is 1. The van der Waals surface area contributed by atoms with Gasteiger partial charge < -0.3 is 4.98 Å². The van der Waals surface area contributed by atoms with E-state index in [9.17, 15) is 0 Å². The number of hydrogen-bond donors (Lipinski definition) is 1. The average Bonchev–Trinajstić information content (AvgIpc) is 2.88. The van der Waals surface area contributed by atoms with Crippen molar-refractivity contribution in [3.8, 4) is 17.2 Å². The molecule has 0 saturated heterocycles. The van der Waals surface area contributed by atoms with Gasteiger partial charge in [-0.1, -0.05) is 35.9 Å². The van der Waals surface area contributed by atoms with Gasteiger partial charge in [0, 0.05) is 23.0 Å². The van der Waals surface area contributed by atoms with Gasteiger partial charge in [0.15, 0.2) is 0 Å². The number of nitrogens with one attached hydrogen (secondary N) is 1. The Balaban J connectivity index is 0.000000357. The smallest absolute Gasteiger partial charge is 0.101 e. The van der Waals surface area contributed by atoms with Crippen molar-refractivity contribution in [2.75, 3.05) is 0 Å². The first-order valence-electron chi connectivity index (χ1n) is 5.63. The van der Waals surface area contributed by atoms with E-state index in [2.05, 4.69) is 11.1 Å². The number of nitriles is 1. The molecule has 2 nitrogen and oxygen atoms in total. The summed E-state index contributed by atoms with van der Waals surface area (Å²) in [6.45, 7) is 4.00. The van der Waals surface area contributed by atoms with Crippen molar-refractivity contribution in [1.29, 1.82) is 5.26 Å². The summed E-state index contributed by atoms with van der Waals surface area (Å²) in [6, 6.07) is 9.54. The van der Waals surface area contributed by atoms with Crippen molar-refractivity contribution in [3.63, 3.8) is 0 Å². The molecule has 0 radical (unpaired) electrons. The van der Waals surface area contributed by atoms with E-state index in [1.54, 1.807) is 6.20 Å². The fourth-order valence-corrected chi connectivity index (χ4v) is 1.45. The zero-order valence-electron chi connectivity index (χ0n) is 10.4. The van der Waals surface area contributed by atoms with Gasteiger partial charge in [-0.15, -0.1) is 0 Å². The molecular weight excluding hydrogens is 244 g/mol. The molecule has 1 N–H and O–H groups in total. The average molecular weight is 259 g/mol. The number of rotatable bonds is 1. The van der Waals surface area contributed by atoms with E-state index in [0.717, 1.165) is 11.1 Å². The molecule has 0 fully saturated rings. The fourth-order valence-electron chi connectivity index (χ4n) is 1.32. The number of aromatic nitrogens is 1. The predicted molar refractivity (Wildman–Crippen MR) is 76.4 cm³/mol. The molecule has 18 heavy (non-hydrogen) atoms. The van der Waals surface area contributed by atoms with Crippen molar-refractivity contribution < 1.29 is 0 Å². The molecule has 2 rings (SSSR count). The quantitative estimate of drug-likeness (QED) is 0.734. The lowest BCUT2D eigenvalue weighted by atomic mass is 10.1. The van der Waals surface area contributed by atoms with Crippen LogP contribution in [0.15, 0.2) is 48.8 Å². The molecule has 1 aromatic carbocycles. The van der Waals surface area contributed by atoms with Crippen LogP contribution < -0.4 is 0 Å². The first kappa shape index (κ1) is 14.1. The number of halogens is 1. The van der Waals surface area contributed by atoms with Crippen LogP contribution in [0, 0.1) is 11.3 Å². The summed E-state index contributed by atoms with van der Waals surface area (Å²) in [7, 11) is 0. The van der Waals surface area contributed by atoms with Gasteiger partial charge >= 0.3 is 0 Å². The molecule has 0 aliphatic heterocycles. The Hall–Kier alpha value is -1.98. The second-order valence-electron chi connectivity index (χ2n) is 3.57. The summed E-state index contributed by atoms with van der Waals surface area (Å²) in [5.41, 5.74) is 2.55. The van der Waals surface area contributed by atoms with E-state index in [4.69, 9.17) is 16.9 Å². The van der Waals surface area contributed by atoms with E-state index in [1.165, 1.54) is 0 Å². The molecule has 3 heteroatoms. The number of allylic oxidation sites excluding steroid dienone is 2. The second kappa shape index (κ2) is 7.37. The van der Waals surface area contributed by atoms with Crippen LogP contribution in [0.4, 0.5) is 0 Å². The molecule has 1 aromatic heterocycles. The lowest BCUT2D eigenvalue weighted by Gasteiger charge is -1.98. The Bertz CT molecular complexity index is 541. The number of hydrogen-bond acceptors (Lipinski definition) is 1. The highest BCUT2D eigenvalue weighted by Gasteiger charge is 2.04. The SMILES string of the molecule is C/C=C\C.N#Cc1c[nH]cc1-c1ccc(Cl)cc1. The van der Waals surface area contributed by atoms with Crippen molar-refractivity contribution in [1.82, 2.24) is 4.98 Å². The van der Waals surface area contributed by atoms with Crippen LogP contribution in [-0.4, -0.2) is 4.98 Å². The standard InChI is InChI=1S/C11H7ClN2.C4H8/c12-10-3-1-8(2-4-10)11-7-14-6-9(11)5-13;1-3-4-2/h1-4,6-7,14H;3-4H,1-2H3/b;4-3-. The van der Waals surface area contributed by atoms with E-state index in [-0.39, 0.29) is 0 Å². The zero-order valence-corrected chi connectivity index (χ0v) is 11.2. The monoisotopic (exact) mass is 258 g/mol. The molecule has 0 saturated carbocycles. The molecular formula is C15H15ClN2. The molecule has 0 bridgehead atoms. The third-order valence-corrected chi connectivity index (χ3v) is 2.61. The Morgan fingerprint density at radius 1 is 1.11 bits per heavy atom. The highest BCUT2D eigenvalue weighted by atomic mass is 35.5. The summed E-state index contributed by atoms with van der Waals surface area (Å²) >= 11 is 5.77. The molecule has 0 unspecified atom stereocenters. The maximum absolute atomic E-state index is 8.83. The Kier molecular flexibility index (Phi) is 5.76. The topological polar surface area (TPSA) is 39.6 Å². The largest absolute Gasteiger partial charge is 0.366 e. The van der Waals surface area contributed by atoms with Crippen LogP contribution >= 0.6 is 11.6 Å². The summed E-state index contributed by atoms with van der Waals surface area (Å²) in [6.07, 6.45) is 7.49. The number of aromatic amines is 1. The molecule has 2 aromatic rings. The third-order valence-electron chi connectivity index (χ3n) is 2.35. The maximum atomic E-state index is 8.83. The minimum atomic E-state index is 0.646. The molecule has 92 valence electrons. The Morgan fingerprint density at radius 2 is 1.72 bits per heavy atom. The molecule has 0 aliphatic rings. The van der Waals surface area contributed by atoms with Crippen molar-refractivity contribution in [3.05, 3.63) is 59.4 Å². The third kappa shape index (κ3) is 3.80. The van der Waals surface area contributed by atoms with Crippen molar-refractivity contribution >= 4 is 11.6 Å². The van der Waals surface area contributed by atoms with Gasteiger partial charge in [0.2, 0.25) is 0 Å². The normalized spacial score (nSPS) is 9.67. The fraction of sp³-hybridized carbons (Fsp3) is 0.133. The van der Waals surface area contributed by atoms with Crippen LogP contribution in [0.25, 0.3) is 11.1 Å². The zero-order chi connectivity index (χ0) is 13.4. The van der Waals surface area contributed by atoms with Crippen molar-refractivity contribution in [2.45, 2.75) is 13.8 Å². The first-order valence-corrected chi connectivity index (χ1v) is 6.00. The van der Waals surface area contributed by atoms with E-state index < -0.39 is 0 Å². The van der Waals surface area contributed by atoms with Gasteiger partial charge in [0.25, 0.3) is 0 Å². The minimum absolute atomic E-state index is 0.646. The summed E-state index contributed by atoms with van der Waals surface area (Å²) in [5, 5.41) is 9.52. The van der Waals surface area contributed by atoms with E-state index >= 15 is 0 Å². The van der Waals surface area contributed by atoms with Crippen LogP contribution in [-0.2, 0) is 0 Å².